The second-order valence-electron chi connectivity index (χ2n) is 5.32. The molecule has 2 aromatic rings. The van der Waals surface area contributed by atoms with Gasteiger partial charge in [0.25, 0.3) is 0 Å². The zero-order valence-electron chi connectivity index (χ0n) is 12.3. The Kier molecular flexibility index (Phi) is 3.62. The van der Waals surface area contributed by atoms with Crippen LogP contribution in [-0.2, 0) is 11.3 Å². The number of amides is 1. The molecule has 108 valence electrons. The number of nitrogens with one attached hydrogen (secondary N) is 2. The summed E-state index contributed by atoms with van der Waals surface area (Å²) < 4.78 is 0. The van der Waals surface area contributed by atoms with Crippen LogP contribution in [-0.4, -0.2) is 20.0 Å². The molecule has 0 saturated heterocycles. The highest BCUT2D eigenvalue weighted by Crippen LogP contribution is 2.33. The Morgan fingerprint density at radius 3 is 2.67 bits per heavy atom. The van der Waals surface area contributed by atoms with Crippen LogP contribution >= 0.6 is 0 Å². The van der Waals surface area contributed by atoms with Crippen molar-refractivity contribution < 1.29 is 4.79 Å². The maximum atomic E-state index is 11.8. The fraction of sp³-hybridized carbons (Fsp3) is 0.235. The molecule has 0 aliphatic carbocycles. The van der Waals surface area contributed by atoms with E-state index >= 15 is 0 Å². The molecule has 1 atom stereocenters. The van der Waals surface area contributed by atoms with Crippen molar-refractivity contribution in [3.63, 3.8) is 0 Å². The third-order valence-corrected chi connectivity index (χ3v) is 3.86. The summed E-state index contributed by atoms with van der Waals surface area (Å²) in [5.41, 5.74) is 4.27. The summed E-state index contributed by atoms with van der Waals surface area (Å²) in [6.45, 7) is 0.836. The predicted octanol–water partition coefficient (Wildman–Crippen LogP) is 2.54. The van der Waals surface area contributed by atoms with Crippen molar-refractivity contribution in [1.82, 2.24) is 5.32 Å². The van der Waals surface area contributed by atoms with Gasteiger partial charge in [0.1, 0.15) is 6.04 Å². The fourth-order valence-corrected chi connectivity index (χ4v) is 2.72. The summed E-state index contributed by atoms with van der Waals surface area (Å²) in [6, 6.07) is 16.2. The van der Waals surface area contributed by atoms with Gasteiger partial charge in [0.2, 0.25) is 5.91 Å². The number of carbonyl (C=O) groups excluding carboxylic acids is 1. The number of benzene rings is 2. The molecule has 4 heteroatoms. The minimum atomic E-state index is -0.242. The highest BCUT2D eigenvalue weighted by atomic mass is 16.2. The maximum Gasteiger partial charge on any atom is 0.246 e. The van der Waals surface area contributed by atoms with E-state index in [9.17, 15) is 4.79 Å². The van der Waals surface area contributed by atoms with Crippen LogP contribution in [0.25, 0.3) is 0 Å². The summed E-state index contributed by atoms with van der Waals surface area (Å²) in [4.78, 5) is 14.0. The average Bonchev–Trinajstić information content (AvgIpc) is 2.82. The van der Waals surface area contributed by atoms with E-state index in [4.69, 9.17) is 0 Å². The Morgan fingerprint density at radius 2 is 1.95 bits per heavy atom. The van der Waals surface area contributed by atoms with Crippen LogP contribution in [0.15, 0.2) is 48.5 Å². The van der Waals surface area contributed by atoms with Gasteiger partial charge in [-0.25, -0.2) is 0 Å². The Morgan fingerprint density at radius 1 is 1.19 bits per heavy atom. The number of hydrogen-bond acceptors (Lipinski definition) is 3. The van der Waals surface area contributed by atoms with Crippen molar-refractivity contribution in [3.8, 4) is 0 Å². The monoisotopic (exact) mass is 281 g/mol. The second kappa shape index (κ2) is 5.58. The van der Waals surface area contributed by atoms with Crippen molar-refractivity contribution in [3.05, 3.63) is 59.7 Å². The summed E-state index contributed by atoms with van der Waals surface area (Å²) in [5, 5.41) is 5.96. The van der Waals surface area contributed by atoms with Gasteiger partial charge < -0.3 is 15.5 Å². The van der Waals surface area contributed by atoms with E-state index in [0.717, 1.165) is 23.5 Å². The van der Waals surface area contributed by atoms with E-state index in [1.807, 2.05) is 30.3 Å². The lowest BCUT2D eigenvalue weighted by molar-refractivity contribution is -0.117. The zero-order chi connectivity index (χ0) is 14.8. The summed E-state index contributed by atoms with van der Waals surface area (Å²) in [7, 11) is 3.86. The molecular weight excluding hydrogens is 262 g/mol. The van der Waals surface area contributed by atoms with Gasteiger partial charge in [0.05, 0.1) is 0 Å². The molecule has 1 amide bonds. The largest absolute Gasteiger partial charge is 0.370 e. The van der Waals surface area contributed by atoms with E-state index in [-0.39, 0.29) is 11.9 Å². The number of hydrogen-bond donors (Lipinski definition) is 2. The third-order valence-electron chi connectivity index (χ3n) is 3.86. The topological polar surface area (TPSA) is 44.4 Å². The van der Waals surface area contributed by atoms with E-state index in [2.05, 4.69) is 40.8 Å². The van der Waals surface area contributed by atoms with Gasteiger partial charge in [0, 0.05) is 30.5 Å². The molecule has 0 radical (unpaired) electrons. The molecule has 2 aromatic carbocycles. The Bertz CT molecular complexity index is 654. The van der Waals surface area contributed by atoms with Gasteiger partial charge in [0.15, 0.2) is 0 Å². The van der Waals surface area contributed by atoms with Gasteiger partial charge in [-0.1, -0.05) is 36.4 Å². The molecule has 4 nitrogen and oxygen atoms in total. The minimum Gasteiger partial charge on any atom is -0.370 e. The molecule has 21 heavy (non-hydrogen) atoms. The average molecular weight is 281 g/mol. The van der Waals surface area contributed by atoms with E-state index in [1.54, 1.807) is 7.05 Å². The zero-order valence-corrected chi connectivity index (χ0v) is 12.3. The summed E-state index contributed by atoms with van der Waals surface area (Å²) in [6.07, 6.45) is 0. The molecule has 0 aromatic heterocycles. The molecule has 0 saturated carbocycles. The van der Waals surface area contributed by atoms with Crippen molar-refractivity contribution in [2.75, 3.05) is 24.3 Å². The van der Waals surface area contributed by atoms with Crippen LogP contribution in [0, 0.1) is 0 Å². The van der Waals surface area contributed by atoms with Gasteiger partial charge >= 0.3 is 0 Å². The van der Waals surface area contributed by atoms with E-state index < -0.39 is 0 Å². The van der Waals surface area contributed by atoms with Crippen LogP contribution in [0.3, 0.4) is 0 Å². The fourth-order valence-electron chi connectivity index (χ4n) is 2.72. The summed E-state index contributed by atoms with van der Waals surface area (Å²) >= 11 is 0. The SMILES string of the molecule is CNC1C(=O)Nc2cc(N(C)Cc3ccccc3)ccc21. The first-order valence-corrected chi connectivity index (χ1v) is 7.06. The second-order valence-corrected chi connectivity index (χ2v) is 5.32. The molecule has 1 unspecified atom stereocenters. The molecule has 1 aliphatic rings. The first-order valence-electron chi connectivity index (χ1n) is 7.06. The number of likely N-dealkylation sites (N-methyl/N-ethyl adjacent to an activating group) is 1. The highest BCUT2D eigenvalue weighted by molar-refractivity contribution is 6.03. The Labute approximate surface area is 124 Å². The molecular formula is C17H19N3O. The lowest BCUT2D eigenvalue weighted by atomic mass is 10.1. The van der Waals surface area contributed by atoms with Gasteiger partial charge in [-0.3, -0.25) is 4.79 Å². The van der Waals surface area contributed by atoms with Crippen LogP contribution in [0.5, 0.6) is 0 Å². The normalized spacial score (nSPS) is 16.5. The van der Waals surface area contributed by atoms with Crippen LogP contribution in [0.4, 0.5) is 11.4 Å². The number of carbonyl (C=O) groups is 1. The van der Waals surface area contributed by atoms with Gasteiger partial charge in [-0.2, -0.15) is 0 Å². The van der Waals surface area contributed by atoms with Crippen molar-refractivity contribution in [1.29, 1.82) is 0 Å². The quantitative estimate of drug-likeness (QED) is 0.905. The van der Waals surface area contributed by atoms with Crippen molar-refractivity contribution in [2.45, 2.75) is 12.6 Å². The molecule has 0 fully saturated rings. The third kappa shape index (κ3) is 2.62. The smallest absolute Gasteiger partial charge is 0.246 e. The predicted molar refractivity (Wildman–Crippen MR) is 85.4 cm³/mol. The standard InChI is InChI=1S/C17H19N3O/c1-18-16-14-9-8-13(10-15(14)19-17(16)21)20(2)11-12-6-4-3-5-7-12/h3-10,16,18H,11H2,1-2H3,(H,19,21). The van der Waals surface area contributed by atoms with E-state index in [0.29, 0.717) is 0 Å². The lowest BCUT2D eigenvalue weighted by Crippen LogP contribution is -2.23. The van der Waals surface area contributed by atoms with Gasteiger partial charge in [-0.05, 0) is 24.7 Å². The molecule has 1 aliphatic heterocycles. The van der Waals surface area contributed by atoms with Gasteiger partial charge in [-0.15, -0.1) is 0 Å². The molecule has 0 bridgehead atoms. The highest BCUT2D eigenvalue weighted by Gasteiger charge is 2.29. The Hall–Kier alpha value is -2.33. The minimum absolute atomic E-state index is 0.00959. The Balaban J connectivity index is 1.82. The van der Waals surface area contributed by atoms with Crippen LogP contribution in [0.2, 0.25) is 0 Å². The number of anilines is 2. The maximum absolute atomic E-state index is 11.8. The molecule has 0 spiro atoms. The summed E-state index contributed by atoms with van der Waals surface area (Å²) in [5.74, 6) is 0.00959. The molecule has 1 heterocycles. The number of fused-ring (bicyclic) bond motifs is 1. The number of rotatable bonds is 4. The molecule has 2 N–H and O–H groups in total. The van der Waals surface area contributed by atoms with Crippen molar-refractivity contribution >= 4 is 17.3 Å². The lowest BCUT2D eigenvalue weighted by Gasteiger charge is -2.20. The van der Waals surface area contributed by atoms with E-state index in [1.165, 1.54) is 5.56 Å². The van der Waals surface area contributed by atoms with Crippen molar-refractivity contribution in [2.24, 2.45) is 0 Å². The van der Waals surface area contributed by atoms with Crippen LogP contribution in [0.1, 0.15) is 17.2 Å². The first kappa shape index (κ1) is 13.6. The molecule has 3 rings (SSSR count). The number of nitrogens with zero attached hydrogens (tertiary/aromatic N) is 1. The first-order chi connectivity index (χ1) is 10.2. The van der Waals surface area contributed by atoms with Crippen LogP contribution < -0.4 is 15.5 Å².